The Morgan fingerprint density at radius 1 is 0.254 bits per heavy atom. The predicted octanol–water partition coefficient (Wildman–Crippen LogP) is 16.4. The fraction of sp³-hybridized carbons (Fsp3) is 0. The van der Waals surface area contributed by atoms with Crippen molar-refractivity contribution in [1.29, 1.82) is 0 Å². The molecule has 0 saturated carbocycles. The van der Waals surface area contributed by atoms with Crippen LogP contribution in [0.25, 0.3) is 42.1 Å². The monoisotopic (exact) mass is 775 g/mol. The van der Waals surface area contributed by atoms with Gasteiger partial charge in [-0.25, -0.2) is 0 Å². The van der Waals surface area contributed by atoms with Gasteiger partial charge in [0.1, 0.15) is 11.2 Å². The largest absolute Gasteiger partial charge is 0.456 e. The summed E-state index contributed by atoms with van der Waals surface area (Å²) in [5, 5.41) is 4.70. The van der Waals surface area contributed by atoms with Crippen molar-refractivity contribution in [3.05, 3.63) is 224 Å². The molecule has 0 saturated heterocycles. The molecule has 59 heavy (non-hydrogen) atoms. The van der Waals surface area contributed by atoms with Crippen LogP contribution in [-0.4, -0.2) is 0 Å². The van der Waals surface area contributed by atoms with Crippen LogP contribution in [-0.2, 0) is 0 Å². The highest BCUT2D eigenvalue weighted by molar-refractivity contribution is 7.25. The zero-order chi connectivity index (χ0) is 39.1. The second kappa shape index (κ2) is 14.7. The molecular formula is C54H37N3OS. The summed E-state index contributed by atoms with van der Waals surface area (Å²) < 4.78 is 8.69. The number of anilines is 9. The van der Waals surface area contributed by atoms with Crippen LogP contribution in [0.2, 0.25) is 0 Å². The Bertz CT molecular complexity index is 3190. The van der Waals surface area contributed by atoms with Gasteiger partial charge in [0.25, 0.3) is 0 Å². The first-order valence-corrected chi connectivity index (χ1v) is 20.7. The van der Waals surface area contributed by atoms with Crippen molar-refractivity contribution >= 4 is 105 Å². The molecule has 11 aromatic rings. The molecule has 0 unspecified atom stereocenters. The van der Waals surface area contributed by atoms with E-state index in [2.05, 4.69) is 227 Å². The molecule has 0 fully saturated rings. The van der Waals surface area contributed by atoms with Crippen molar-refractivity contribution in [3.63, 3.8) is 0 Å². The number of rotatable bonds is 9. The molecule has 0 spiro atoms. The van der Waals surface area contributed by atoms with E-state index in [1.165, 1.54) is 20.2 Å². The Morgan fingerprint density at radius 3 is 1.27 bits per heavy atom. The lowest BCUT2D eigenvalue weighted by atomic mass is 10.1. The molecule has 2 aromatic heterocycles. The number of furan rings is 1. The van der Waals surface area contributed by atoms with Crippen molar-refractivity contribution in [2.75, 3.05) is 14.7 Å². The minimum Gasteiger partial charge on any atom is -0.456 e. The van der Waals surface area contributed by atoms with E-state index in [9.17, 15) is 0 Å². The predicted molar refractivity (Wildman–Crippen MR) is 251 cm³/mol. The molecule has 0 amide bonds. The van der Waals surface area contributed by atoms with Crippen molar-refractivity contribution in [2.45, 2.75) is 0 Å². The Morgan fingerprint density at radius 2 is 0.678 bits per heavy atom. The number of benzene rings is 9. The third kappa shape index (κ3) is 6.35. The molecule has 4 nitrogen and oxygen atoms in total. The number of fused-ring (bicyclic) bond motifs is 6. The summed E-state index contributed by atoms with van der Waals surface area (Å²) in [7, 11) is 0. The maximum absolute atomic E-state index is 6.20. The third-order valence-electron chi connectivity index (χ3n) is 11.0. The van der Waals surface area contributed by atoms with Crippen molar-refractivity contribution in [1.82, 2.24) is 0 Å². The molecule has 0 aliphatic heterocycles. The van der Waals surface area contributed by atoms with E-state index in [1.54, 1.807) is 0 Å². The Kier molecular flexibility index (Phi) is 8.64. The van der Waals surface area contributed by atoms with E-state index in [0.29, 0.717) is 0 Å². The first kappa shape index (κ1) is 34.6. The first-order chi connectivity index (χ1) is 29.2. The zero-order valence-electron chi connectivity index (χ0n) is 32.0. The van der Waals surface area contributed by atoms with Gasteiger partial charge < -0.3 is 19.1 Å². The number of thiophene rings is 1. The van der Waals surface area contributed by atoms with Gasteiger partial charge in [0.15, 0.2) is 0 Å². The fourth-order valence-corrected chi connectivity index (χ4v) is 9.43. The minimum absolute atomic E-state index is 0.889. The summed E-state index contributed by atoms with van der Waals surface area (Å²) in [5.74, 6) is 0. The highest BCUT2D eigenvalue weighted by Crippen LogP contribution is 2.45. The second-order valence-corrected chi connectivity index (χ2v) is 15.7. The fourth-order valence-electron chi connectivity index (χ4n) is 8.31. The summed E-state index contributed by atoms with van der Waals surface area (Å²) in [6.45, 7) is 0. The average Bonchev–Trinajstić information content (AvgIpc) is 3.86. The van der Waals surface area contributed by atoms with Gasteiger partial charge in [0, 0.05) is 82.1 Å². The number of nitrogens with zero attached hydrogens (tertiary/aromatic N) is 3. The second-order valence-electron chi connectivity index (χ2n) is 14.6. The molecule has 11 rings (SSSR count). The van der Waals surface area contributed by atoms with Crippen LogP contribution in [0.5, 0.6) is 0 Å². The SMILES string of the molecule is c1ccc(N(c2ccccc2)c2cccc(N(c3ccccc3)c3ccc4sc5cc(N(c6ccccc6)c6ccc7oc8ccccc8c7c6)ccc5c4c3)c2)cc1. The maximum Gasteiger partial charge on any atom is 0.135 e. The summed E-state index contributed by atoms with van der Waals surface area (Å²) >= 11 is 1.84. The highest BCUT2D eigenvalue weighted by Gasteiger charge is 2.20. The van der Waals surface area contributed by atoms with Gasteiger partial charge >= 0.3 is 0 Å². The minimum atomic E-state index is 0.889. The Hall–Kier alpha value is -7.60. The van der Waals surface area contributed by atoms with Crippen LogP contribution in [0.15, 0.2) is 229 Å². The van der Waals surface area contributed by atoms with Gasteiger partial charge in [-0.1, -0.05) is 103 Å². The lowest BCUT2D eigenvalue weighted by Crippen LogP contribution is -2.13. The van der Waals surface area contributed by atoms with E-state index in [-0.39, 0.29) is 0 Å². The number of hydrogen-bond donors (Lipinski definition) is 0. The maximum atomic E-state index is 6.20. The number of para-hydroxylation sites is 5. The van der Waals surface area contributed by atoms with Gasteiger partial charge in [-0.15, -0.1) is 11.3 Å². The molecule has 0 radical (unpaired) electrons. The van der Waals surface area contributed by atoms with Gasteiger partial charge in [-0.3, -0.25) is 0 Å². The van der Waals surface area contributed by atoms with E-state index in [1.807, 2.05) is 23.5 Å². The van der Waals surface area contributed by atoms with E-state index >= 15 is 0 Å². The summed E-state index contributed by atoms with van der Waals surface area (Å²) in [6.07, 6.45) is 0. The smallest absolute Gasteiger partial charge is 0.135 e. The average molecular weight is 776 g/mol. The quantitative estimate of drug-likeness (QED) is 0.146. The molecule has 0 bridgehead atoms. The molecule has 0 aliphatic carbocycles. The summed E-state index contributed by atoms with van der Waals surface area (Å²) in [5.41, 5.74) is 11.6. The van der Waals surface area contributed by atoms with Crippen LogP contribution in [0.3, 0.4) is 0 Å². The lowest BCUT2D eigenvalue weighted by molar-refractivity contribution is 0.669. The zero-order valence-corrected chi connectivity index (χ0v) is 32.8. The normalized spacial score (nSPS) is 11.4. The van der Waals surface area contributed by atoms with Gasteiger partial charge in [0.05, 0.1) is 0 Å². The van der Waals surface area contributed by atoms with Crippen molar-refractivity contribution in [2.24, 2.45) is 0 Å². The number of hydrogen-bond acceptors (Lipinski definition) is 5. The topological polar surface area (TPSA) is 22.9 Å². The van der Waals surface area contributed by atoms with Crippen LogP contribution < -0.4 is 14.7 Å². The van der Waals surface area contributed by atoms with E-state index in [4.69, 9.17) is 4.42 Å². The molecule has 0 N–H and O–H groups in total. The van der Waals surface area contributed by atoms with Gasteiger partial charge in [0.2, 0.25) is 0 Å². The molecule has 5 heteroatoms. The van der Waals surface area contributed by atoms with Crippen LogP contribution in [0.4, 0.5) is 51.2 Å². The van der Waals surface area contributed by atoms with Crippen molar-refractivity contribution < 1.29 is 4.42 Å². The van der Waals surface area contributed by atoms with Crippen LogP contribution in [0.1, 0.15) is 0 Å². The molecule has 0 aliphatic rings. The molecule has 9 aromatic carbocycles. The highest BCUT2D eigenvalue weighted by atomic mass is 32.1. The van der Waals surface area contributed by atoms with E-state index < -0.39 is 0 Å². The first-order valence-electron chi connectivity index (χ1n) is 19.8. The Labute approximate surface area is 346 Å². The van der Waals surface area contributed by atoms with E-state index in [0.717, 1.165) is 73.1 Å². The van der Waals surface area contributed by atoms with Crippen LogP contribution in [0, 0.1) is 0 Å². The lowest BCUT2D eigenvalue weighted by Gasteiger charge is -2.29. The molecule has 0 atom stereocenters. The molecule has 280 valence electrons. The summed E-state index contributed by atoms with van der Waals surface area (Å²) in [6, 6.07) is 79.8. The van der Waals surface area contributed by atoms with Gasteiger partial charge in [-0.2, -0.15) is 0 Å². The van der Waals surface area contributed by atoms with Crippen molar-refractivity contribution in [3.8, 4) is 0 Å². The third-order valence-corrected chi connectivity index (χ3v) is 12.1. The van der Waals surface area contributed by atoms with Gasteiger partial charge in [-0.05, 0) is 121 Å². The summed E-state index contributed by atoms with van der Waals surface area (Å²) in [4.78, 5) is 7.02. The Balaban J connectivity index is 1.02. The standard InChI is InChI=1S/C54H37N3OS/c1-5-16-38(17-6-1)55(39-18-7-2-8-19-39)42-24-15-25-43(34-42)56(40-20-9-3-10-21-40)45-30-33-53-50(36-45)48-31-28-46(37-54(48)59-53)57(41-22-11-4-12-23-41)44-29-32-52-49(35-44)47-26-13-14-27-51(47)58-52/h1-37H. The molecule has 2 heterocycles. The molecular weight excluding hydrogens is 739 g/mol. The van der Waals surface area contributed by atoms with Crippen LogP contribution >= 0.6 is 11.3 Å².